The molecule has 2 aliphatic heterocycles. The zero-order valence-corrected chi connectivity index (χ0v) is 24.0. The van der Waals surface area contributed by atoms with Gasteiger partial charge in [-0.2, -0.15) is 0 Å². The summed E-state index contributed by atoms with van der Waals surface area (Å²) >= 11 is 6.28. The topological polar surface area (TPSA) is 178 Å². The van der Waals surface area contributed by atoms with Crippen LogP contribution in [0, 0.1) is 0 Å². The third-order valence-corrected chi connectivity index (χ3v) is 9.09. The van der Waals surface area contributed by atoms with Crippen LogP contribution in [0.4, 0.5) is 0 Å². The molecule has 1 aromatic heterocycles. The van der Waals surface area contributed by atoms with E-state index in [0.717, 1.165) is 4.90 Å². The number of aromatic hydroxyl groups is 1. The number of halogens is 1. The smallest absolute Gasteiger partial charge is 0.259 e. The maximum absolute atomic E-state index is 14.0. The molecule has 3 aromatic rings. The van der Waals surface area contributed by atoms with Crippen molar-refractivity contribution in [3.63, 3.8) is 0 Å². The summed E-state index contributed by atoms with van der Waals surface area (Å²) in [5.41, 5.74) is -4.24. The molecular weight excluding hydrogens is 590 g/mol. The summed E-state index contributed by atoms with van der Waals surface area (Å²) in [7, 11) is 5.43. The molecule has 4 aliphatic rings. The van der Waals surface area contributed by atoms with Gasteiger partial charge in [0.25, 0.3) is 5.91 Å². The van der Waals surface area contributed by atoms with Crippen molar-refractivity contribution in [3.8, 4) is 11.5 Å². The van der Waals surface area contributed by atoms with Gasteiger partial charge in [0.1, 0.15) is 30.2 Å². The van der Waals surface area contributed by atoms with Gasteiger partial charge in [-0.3, -0.25) is 9.59 Å². The number of amides is 1. The average Bonchev–Trinajstić information content (AvgIpc) is 2.99. The highest BCUT2D eigenvalue weighted by atomic mass is 35.5. The second-order valence-corrected chi connectivity index (χ2v) is 11.1. The lowest BCUT2D eigenvalue weighted by Crippen LogP contribution is -2.54. The van der Waals surface area contributed by atoms with Crippen molar-refractivity contribution in [2.24, 2.45) is 0 Å². The fourth-order valence-electron chi connectivity index (χ4n) is 6.88. The molecular formula is C29H26ClNO12. The SMILES string of the molecule is COc1c(Cl)ccc2c(=O)c3c(oc12)C1=C2[C@@H](OCO1)[C@@H](OC)c1cc4c(c(O)c1[C@@]2(O)[C@H]3O)C(=O)N(C)[C@H](OC)[C@@H]4O. The van der Waals surface area contributed by atoms with Gasteiger partial charge in [-0.05, 0) is 23.8 Å². The number of ether oxygens (including phenoxy) is 5. The van der Waals surface area contributed by atoms with E-state index >= 15 is 0 Å². The molecule has 13 nitrogen and oxygen atoms in total. The normalized spacial score (nSPS) is 29.1. The Morgan fingerprint density at radius 2 is 1.86 bits per heavy atom. The summed E-state index contributed by atoms with van der Waals surface area (Å²) in [6.07, 6.45) is -6.65. The van der Waals surface area contributed by atoms with Gasteiger partial charge >= 0.3 is 0 Å². The van der Waals surface area contributed by atoms with Crippen molar-refractivity contribution in [2.75, 3.05) is 35.2 Å². The Morgan fingerprint density at radius 3 is 2.53 bits per heavy atom. The first-order chi connectivity index (χ1) is 20.5. The van der Waals surface area contributed by atoms with Crippen LogP contribution in [0.1, 0.15) is 56.7 Å². The minimum atomic E-state index is -2.57. The predicted molar refractivity (Wildman–Crippen MR) is 146 cm³/mol. The van der Waals surface area contributed by atoms with E-state index in [4.69, 9.17) is 39.7 Å². The largest absolute Gasteiger partial charge is 0.507 e. The molecule has 6 atom stereocenters. The minimum Gasteiger partial charge on any atom is -0.507 e. The molecule has 0 spiro atoms. The number of rotatable bonds is 3. The van der Waals surface area contributed by atoms with Gasteiger partial charge in [0.15, 0.2) is 46.9 Å². The quantitative estimate of drug-likeness (QED) is 0.337. The van der Waals surface area contributed by atoms with Gasteiger partial charge < -0.3 is 53.4 Å². The van der Waals surface area contributed by atoms with Crippen LogP contribution in [-0.4, -0.2) is 78.7 Å². The molecule has 0 radical (unpaired) electrons. The maximum Gasteiger partial charge on any atom is 0.259 e. The van der Waals surface area contributed by atoms with E-state index in [2.05, 4.69) is 0 Å². The van der Waals surface area contributed by atoms with E-state index in [0.29, 0.717) is 0 Å². The standard InChI is InChI=1S/C29H26ClNO12/c1-31-27(36)13-10(18(33)28(31)40-4)7-11-15(19(13)34)29(37)16-24(20(11)38-2)41-8-42-25(16)23-14(26(29)35)17(32)9-5-6-12(30)22(39-3)21(9)43-23/h5-7,18,20,24,26,28,33-35,37H,8H2,1-4H3/t18-,20+,24-,26+,28-,29+/m1/s1. The van der Waals surface area contributed by atoms with Crippen molar-refractivity contribution in [2.45, 2.75) is 36.2 Å². The van der Waals surface area contributed by atoms with Crippen molar-refractivity contribution < 1.29 is 53.3 Å². The van der Waals surface area contributed by atoms with Crippen molar-refractivity contribution in [3.05, 3.63) is 72.6 Å². The Labute approximate surface area is 248 Å². The number of carbonyl (C=O) groups is 1. The first kappa shape index (κ1) is 28.1. The predicted octanol–water partition coefficient (Wildman–Crippen LogP) is 1.97. The van der Waals surface area contributed by atoms with Gasteiger partial charge in [0.05, 0.1) is 28.6 Å². The van der Waals surface area contributed by atoms with Crippen LogP contribution >= 0.6 is 11.6 Å². The number of benzene rings is 2. The lowest BCUT2D eigenvalue weighted by Gasteiger charge is -2.51. The first-order valence-corrected chi connectivity index (χ1v) is 13.5. The maximum atomic E-state index is 14.0. The Morgan fingerprint density at radius 1 is 1.12 bits per heavy atom. The lowest BCUT2D eigenvalue weighted by atomic mass is 9.63. The number of phenols is 1. The average molecular weight is 616 g/mol. The molecule has 7 rings (SSSR count). The number of nitrogens with zero attached hydrogens (tertiary/aromatic N) is 1. The van der Waals surface area contributed by atoms with Gasteiger partial charge in [-0.15, -0.1) is 0 Å². The number of aliphatic hydroxyl groups is 3. The second kappa shape index (κ2) is 9.40. The third-order valence-electron chi connectivity index (χ3n) is 8.80. The number of phenolic OH excluding ortho intramolecular Hbond substituents is 1. The van der Waals surface area contributed by atoms with Crippen LogP contribution < -0.4 is 10.2 Å². The number of aliphatic hydroxyl groups excluding tert-OH is 2. The fraction of sp³-hybridized carbons (Fsp3) is 0.379. The highest BCUT2D eigenvalue weighted by molar-refractivity contribution is 6.33. The van der Waals surface area contributed by atoms with Gasteiger partial charge in [0.2, 0.25) is 0 Å². The Balaban J connectivity index is 1.59. The highest BCUT2D eigenvalue weighted by Crippen LogP contribution is 2.62. The summed E-state index contributed by atoms with van der Waals surface area (Å²) in [4.78, 5) is 28.5. The van der Waals surface area contributed by atoms with E-state index in [1.807, 2.05) is 0 Å². The molecule has 2 aromatic carbocycles. The molecule has 0 saturated heterocycles. The Bertz CT molecular complexity index is 1830. The molecule has 3 heterocycles. The molecule has 0 unspecified atom stereocenters. The highest BCUT2D eigenvalue weighted by Gasteiger charge is 2.62. The summed E-state index contributed by atoms with van der Waals surface area (Å²) in [6.45, 7) is -0.354. The van der Waals surface area contributed by atoms with Gasteiger partial charge in [-0.25, -0.2) is 0 Å². The number of hydrogen-bond donors (Lipinski definition) is 4. The summed E-state index contributed by atoms with van der Waals surface area (Å²) < 4.78 is 34.3. The monoisotopic (exact) mass is 615 g/mol. The number of hydrogen-bond acceptors (Lipinski definition) is 12. The molecule has 0 bridgehead atoms. The number of fused-ring (bicyclic) bond motifs is 6. The molecule has 4 N–H and O–H groups in total. The van der Waals surface area contributed by atoms with Crippen LogP contribution in [0.15, 0.2) is 33.0 Å². The van der Waals surface area contributed by atoms with E-state index in [1.165, 1.54) is 46.6 Å². The van der Waals surface area contributed by atoms with Crippen LogP contribution in [-0.2, 0) is 24.5 Å². The zero-order valence-electron chi connectivity index (χ0n) is 23.2. The number of methoxy groups -OCH3 is 3. The molecule has 226 valence electrons. The van der Waals surface area contributed by atoms with Crippen LogP contribution in [0.3, 0.4) is 0 Å². The molecule has 14 heteroatoms. The van der Waals surface area contributed by atoms with Crippen LogP contribution in [0.25, 0.3) is 16.7 Å². The minimum absolute atomic E-state index is 0.00121. The van der Waals surface area contributed by atoms with Gasteiger partial charge in [-0.1, -0.05) is 11.6 Å². The summed E-state index contributed by atoms with van der Waals surface area (Å²) in [6, 6.07) is 4.23. The second-order valence-electron chi connectivity index (χ2n) is 10.7. The number of likely N-dealkylation sites (N-methyl/N-ethyl adjacent to an activating group) is 1. The van der Waals surface area contributed by atoms with Gasteiger partial charge in [0, 0.05) is 38.0 Å². The zero-order chi connectivity index (χ0) is 30.7. The summed E-state index contributed by atoms with van der Waals surface area (Å²) in [5, 5.41) is 47.6. The molecule has 43 heavy (non-hydrogen) atoms. The van der Waals surface area contributed by atoms with Crippen molar-refractivity contribution >= 4 is 34.2 Å². The summed E-state index contributed by atoms with van der Waals surface area (Å²) in [5.74, 6) is -1.67. The lowest BCUT2D eigenvalue weighted by molar-refractivity contribution is -0.158. The molecule has 0 fully saturated rings. The van der Waals surface area contributed by atoms with Crippen LogP contribution in [0.5, 0.6) is 11.5 Å². The van der Waals surface area contributed by atoms with Crippen LogP contribution in [0.2, 0.25) is 5.02 Å². The Hall–Kier alpha value is -3.69. The molecule has 0 saturated carbocycles. The van der Waals surface area contributed by atoms with Crippen molar-refractivity contribution in [1.82, 2.24) is 4.90 Å². The first-order valence-electron chi connectivity index (χ1n) is 13.2. The van der Waals surface area contributed by atoms with E-state index in [-0.39, 0.29) is 73.4 Å². The molecule has 1 amide bonds. The Kier molecular flexibility index (Phi) is 6.15. The number of carbonyl (C=O) groups excluding carboxylic acids is 1. The fourth-order valence-corrected chi connectivity index (χ4v) is 7.11. The van der Waals surface area contributed by atoms with Crippen molar-refractivity contribution in [1.29, 1.82) is 0 Å². The van der Waals surface area contributed by atoms with E-state index in [1.54, 1.807) is 0 Å². The van der Waals surface area contributed by atoms with E-state index < -0.39 is 53.3 Å². The molecule has 2 aliphatic carbocycles. The van der Waals surface area contributed by atoms with E-state index in [9.17, 15) is 30.0 Å². The third kappa shape index (κ3) is 3.32.